The summed E-state index contributed by atoms with van der Waals surface area (Å²) >= 11 is 1.70. The van der Waals surface area contributed by atoms with E-state index in [-0.39, 0.29) is 16.9 Å². The van der Waals surface area contributed by atoms with Crippen molar-refractivity contribution < 1.29 is 0 Å². The summed E-state index contributed by atoms with van der Waals surface area (Å²) in [7, 11) is 0. The van der Waals surface area contributed by atoms with Crippen LogP contribution >= 0.6 is 11.8 Å². The van der Waals surface area contributed by atoms with Gasteiger partial charge in [0.1, 0.15) is 5.69 Å². The van der Waals surface area contributed by atoms with Crippen LogP contribution in [0.2, 0.25) is 0 Å². The molecule has 0 aromatic carbocycles. The van der Waals surface area contributed by atoms with E-state index in [0.717, 1.165) is 18.6 Å². The number of nitrogen functional groups attached to an aromatic ring is 1. The molecule has 0 amide bonds. The van der Waals surface area contributed by atoms with Gasteiger partial charge in [-0.1, -0.05) is 6.92 Å². The van der Waals surface area contributed by atoms with Gasteiger partial charge in [-0.05, 0) is 24.9 Å². The lowest BCUT2D eigenvalue weighted by molar-refractivity contribution is 0.544. The molecule has 17 heavy (non-hydrogen) atoms. The molecule has 1 aromatic rings. The van der Waals surface area contributed by atoms with Gasteiger partial charge in [0.2, 0.25) is 0 Å². The Morgan fingerprint density at radius 2 is 2.06 bits per heavy atom. The molecule has 5 nitrogen and oxygen atoms in total. The van der Waals surface area contributed by atoms with E-state index < -0.39 is 0 Å². The summed E-state index contributed by atoms with van der Waals surface area (Å²) in [6.45, 7) is 3.00. The Balaban J connectivity index is 3.09. The van der Waals surface area contributed by atoms with Crippen molar-refractivity contribution >= 4 is 17.4 Å². The molecule has 0 aliphatic heterocycles. The van der Waals surface area contributed by atoms with Crippen LogP contribution < -0.4 is 17.0 Å². The smallest absolute Gasteiger partial charge is 0.331 e. The number of aromatic nitrogens is 2. The molecule has 96 valence electrons. The third-order valence-electron chi connectivity index (χ3n) is 2.46. The van der Waals surface area contributed by atoms with Crippen LogP contribution in [0, 0.1) is 0 Å². The maximum atomic E-state index is 12.0. The van der Waals surface area contributed by atoms with E-state index in [9.17, 15) is 9.59 Å². The topological polar surface area (TPSA) is 70.0 Å². The molecular formula is C11H19N3O2S. The van der Waals surface area contributed by atoms with E-state index in [1.165, 1.54) is 15.3 Å². The quantitative estimate of drug-likeness (QED) is 0.764. The summed E-state index contributed by atoms with van der Waals surface area (Å²) in [6.07, 6.45) is 5.07. The first kappa shape index (κ1) is 13.9. The summed E-state index contributed by atoms with van der Waals surface area (Å²) in [6, 6.07) is 0. The molecule has 0 aliphatic rings. The number of rotatable bonds is 6. The van der Waals surface area contributed by atoms with Gasteiger partial charge in [-0.15, -0.1) is 0 Å². The molecule has 0 saturated heterocycles. The average molecular weight is 257 g/mol. The van der Waals surface area contributed by atoms with Crippen molar-refractivity contribution in [3.05, 3.63) is 27.0 Å². The molecular weight excluding hydrogens is 238 g/mol. The highest BCUT2D eigenvalue weighted by atomic mass is 32.2. The highest BCUT2D eigenvalue weighted by molar-refractivity contribution is 7.98. The fourth-order valence-electron chi connectivity index (χ4n) is 1.64. The van der Waals surface area contributed by atoms with Crippen molar-refractivity contribution in [1.29, 1.82) is 0 Å². The van der Waals surface area contributed by atoms with E-state index in [0.29, 0.717) is 13.1 Å². The monoisotopic (exact) mass is 257 g/mol. The first-order chi connectivity index (χ1) is 8.11. The van der Waals surface area contributed by atoms with Crippen molar-refractivity contribution in [3.8, 4) is 0 Å². The highest BCUT2D eigenvalue weighted by Crippen LogP contribution is 1.97. The molecule has 1 rings (SSSR count). The van der Waals surface area contributed by atoms with E-state index >= 15 is 0 Å². The van der Waals surface area contributed by atoms with E-state index in [4.69, 9.17) is 5.73 Å². The Labute approximate surface area is 105 Å². The minimum Gasteiger partial charge on any atom is -0.393 e. The first-order valence-corrected chi connectivity index (χ1v) is 7.09. The standard InChI is InChI=1S/C11H19N3O2S/c1-3-5-13-8-9(12)10(15)14(11(13)16)6-4-7-17-2/h8H,3-7,12H2,1-2H3. The van der Waals surface area contributed by atoms with Gasteiger partial charge >= 0.3 is 5.69 Å². The van der Waals surface area contributed by atoms with E-state index in [2.05, 4.69) is 0 Å². The molecule has 0 spiro atoms. The van der Waals surface area contributed by atoms with Crippen LogP contribution in [-0.2, 0) is 13.1 Å². The van der Waals surface area contributed by atoms with Gasteiger partial charge in [-0.2, -0.15) is 11.8 Å². The molecule has 0 fully saturated rings. The zero-order valence-electron chi connectivity index (χ0n) is 10.3. The minimum absolute atomic E-state index is 0.141. The Kier molecular flexibility index (Phi) is 5.34. The maximum Gasteiger partial charge on any atom is 0.331 e. The van der Waals surface area contributed by atoms with Gasteiger partial charge in [0.05, 0.1) is 0 Å². The number of aryl methyl sites for hydroxylation is 1. The number of nitrogens with two attached hydrogens (primary N) is 1. The molecule has 2 N–H and O–H groups in total. The maximum absolute atomic E-state index is 12.0. The molecule has 0 saturated carbocycles. The van der Waals surface area contributed by atoms with Crippen molar-refractivity contribution in [1.82, 2.24) is 9.13 Å². The number of thioether (sulfide) groups is 1. The third-order valence-corrected chi connectivity index (χ3v) is 3.16. The number of hydrogen-bond donors (Lipinski definition) is 1. The molecule has 0 bridgehead atoms. The van der Waals surface area contributed by atoms with Crippen molar-refractivity contribution in [2.75, 3.05) is 17.7 Å². The summed E-state index contributed by atoms with van der Waals surface area (Å²) in [5.41, 5.74) is 5.14. The lowest BCUT2D eigenvalue weighted by atomic mass is 10.4. The minimum atomic E-state index is -0.372. The van der Waals surface area contributed by atoms with Gasteiger partial charge in [0.15, 0.2) is 0 Å². The second kappa shape index (κ2) is 6.54. The van der Waals surface area contributed by atoms with Crippen LogP contribution in [0.5, 0.6) is 0 Å². The zero-order chi connectivity index (χ0) is 12.8. The Morgan fingerprint density at radius 1 is 1.35 bits per heavy atom. The molecule has 0 atom stereocenters. The molecule has 0 radical (unpaired) electrons. The van der Waals surface area contributed by atoms with Crippen molar-refractivity contribution in [2.24, 2.45) is 0 Å². The molecule has 6 heteroatoms. The largest absolute Gasteiger partial charge is 0.393 e. The fourth-order valence-corrected chi connectivity index (χ4v) is 2.06. The normalized spacial score (nSPS) is 10.7. The SMILES string of the molecule is CCCn1cc(N)c(=O)n(CCCSC)c1=O. The van der Waals surface area contributed by atoms with Gasteiger partial charge in [0, 0.05) is 19.3 Å². The molecule has 0 unspecified atom stereocenters. The lowest BCUT2D eigenvalue weighted by Gasteiger charge is -2.10. The molecule has 1 heterocycles. The second-order valence-corrected chi connectivity index (χ2v) is 4.85. The van der Waals surface area contributed by atoms with Gasteiger partial charge in [-0.25, -0.2) is 4.79 Å². The number of nitrogens with zero attached hydrogens (tertiary/aromatic N) is 2. The average Bonchev–Trinajstić information content (AvgIpc) is 2.31. The summed E-state index contributed by atoms with van der Waals surface area (Å²) in [5.74, 6) is 0.925. The summed E-state index contributed by atoms with van der Waals surface area (Å²) in [5, 5.41) is 0. The van der Waals surface area contributed by atoms with Crippen LogP contribution in [0.4, 0.5) is 5.69 Å². The predicted octanol–water partition coefficient (Wildman–Crippen LogP) is 0.755. The Morgan fingerprint density at radius 3 is 2.65 bits per heavy atom. The second-order valence-electron chi connectivity index (χ2n) is 3.86. The Bertz CT molecular complexity index is 479. The summed E-state index contributed by atoms with van der Waals surface area (Å²) < 4.78 is 2.75. The summed E-state index contributed by atoms with van der Waals surface area (Å²) in [4.78, 5) is 23.7. The molecule has 0 aliphatic carbocycles. The van der Waals surface area contributed by atoms with Crippen LogP contribution in [0.25, 0.3) is 0 Å². The number of hydrogen-bond acceptors (Lipinski definition) is 4. The van der Waals surface area contributed by atoms with Gasteiger partial charge in [0.25, 0.3) is 5.56 Å². The lowest BCUT2D eigenvalue weighted by Crippen LogP contribution is -2.40. The Hall–Kier alpha value is -1.17. The van der Waals surface area contributed by atoms with Crippen LogP contribution in [0.3, 0.4) is 0 Å². The van der Waals surface area contributed by atoms with E-state index in [1.807, 2.05) is 13.2 Å². The van der Waals surface area contributed by atoms with Crippen LogP contribution in [-0.4, -0.2) is 21.1 Å². The van der Waals surface area contributed by atoms with Crippen LogP contribution in [0.15, 0.2) is 15.8 Å². The van der Waals surface area contributed by atoms with Crippen molar-refractivity contribution in [3.63, 3.8) is 0 Å². The first-order valence-electron chi connectivity index (χ1n) is 5.70. The number of anilines is 1. The zero-order valence-corrected chi connectivity index (χ0v) is 11.1. The third kappa shape index (κ3) is 3.39. The van der Waals surface area contributed by atoms with Crippen LogP contribution in [0.1, 0.15) is 19.8 Å². The highest BCUT2D eigenvalue weighted by Gasteiger charge is 2.08. The van der Waals surface area contributed by atoms with Gasteiger partial charge < -0.3 is 5.73 Å². The molecule has 1 aromatic heterocycles. The predicted molar refractivity (Wildman–Crippen MR) is 72.7 cm³/mol. The van der Waals surface area contributed by atoms with Gasteiger partial charge in [-0.3, -0.25) is 13.9 Å². The fraction of sp³-hybridized carbons (Fsp3) is 0.636. The van der Waals surface area contributed by atoms with E-state index in [1.54, 1.807) is 11.8 Å². The van der Waals surface area contributed by atoms with Crippen molar-refractivity contribution in [2.45, 2.75) is 32.9 Å².